The molecule has 0 spiro atoms. The van der Waals surface area contributed by atoms with Gasteiger partial charge in [-0.25, -0.2) is 16.8 Å². The normalized spacial score (nSPS) is 16.1. The minimum absolute atomic E-state index is 0.0611. The molecule has 0 bridgehead atoms. The Morgan fingerprint density at radius 1 is 0.929 bits per heavy atom. The van der Waals surface area contributed by atoms with Crippen molar-refractivity contribution >= 4 is 19.9 Å². The van der Waals surface area contributed by atoms with E-state index in [4.69, 9.17) is 4.74 Å². The highest BCUT2D eigenvalue weighted by Crippen LogP contribution is 2.33. The minimum Gasteiger partial charge on any atom is -0.456 e. The van der Waals surface area contributed by atoms with Crippen LogP contribution in [0.5, 0.6) is 11.5 Å². The minimum atomic E-state index is -3.91. The van der Waals surface area contributed by atoms with Crippen LogP contribution < -0.4 is 10.1 Å². The van der Waals surface area contributed by atoms with Crippen molar-refractivity contribution in [2.75, 3.05) is 32.4 Å². The molecule has 0 aliphatic carbocycles. The van der Waals surface area contributed by atoms with Crippen molar-refractivity contribution in [1.82, 2.24) is 9.62 Å². The Morgan fingerprint density at radius 2 is 1.54 bits per heavy atom. The van der Waals surface area contributed by atoms with Crippen LogP contribution in [0.3, 0.4) is 0 Å². The third kappa shape index (κ3) is 4.54. The maximum absolute atomic E-state index is 13.2. The SMILES string of the molecule is Cc1cc(C)cc(Oc2ccc(S(C)(=O)=O)cc2S(=O)(=O)N2CCNCC2)c1. The number of hydrogen-bond donors (Lipinski definition) is 1. The standard InChI is InChI=1S/C19H24N2O5S2/c1-14-10-15(2)12-16(11-14)26-18-5-4-17(27(3,22)23)13-19(18)28(24,25)21-8-6-20-7-9-21/h4-5,10-13,20H,6-9H2,1-3H3. The van der Waals surface area contributed by atoms with Gasteiger partial charge in [-0.05, 0) is 55.3 Å². The van der Waals surface area contributed by atoms with Gasteiger partial charge in [-0.15, -0.1) is 0 Å². The highest BCUT2D eigenvalue weighted by atomic mass is 32.2. The third-order valence-corrected chi connectivity index (χ3v) is 7.49. The molecule has 1 heterocycles. The van der Waals surface area contributed by atoms with Gasteiger partial charge in [0.25, 0.3) is 0 Å². The van der Waals surface area contributed by atoms with E-state index < -0.39 is 19.9 Å². The molecule has 1 fully saturated rings. The van der Waals surface area contributed by atoms with Crippen LogP contribution in [-0.4, -0.2) is 53.6 Å². The largest absolute Gasteiger partial charge is 0.456 e. The molecule has 1 saturated heterocycles. The van der Waals surface area contributed by atoms with Gasteiger partial charge >= 0.3 is 0 Å². The smallest absolute Gasteiger partial charge is 0.246 e. The average molecular weight is 425 g/mol. The van der Waals surface area contributed by atoms with Crippen LogP contribution in [-0.2, 0) is 19.9 Å². The highest BCUT2D eigenvalue weighted by molar-refractivity contribution is 7.91. The zero-order chi connectivity index (χ0) is 20.5. The maximum Gasteiger partial charge on any atom is 0.246 e. The van der Waals surface area contributed by atoms with Crippen molar-refractivity contribution in [1.29, 1.82) is 0 Å². The van der Waals surface area contributed by atoms with Crippen LogP contribution in [0.2, 0.25) is 0 Å². The molecule has 0 unspecified atom stereocenters. The van der Waals surface area contributed by atoms with Gasteiger partial charge in [0.1, 0.15) is 16.4 Å². The second-order valence-corrected chi connectivity index (χ2v) is 10.9. The van der Waals surface area contributed by atoms with Gasteiger partial charge < -0.3 is 10.1 Å². The van der Waals surface area contributed by atoms with Crippen molar-refractivity contribution in [3.8, 4) is 11.5 Å². The number of aryl methyl sites for hydroxylation is 2. The van der Waals surface area contributed by atoms with Crippen LogP contribution in [0.15, 0.2) is 46.2 Å². The van der Waals surface area contributed by atoms with Crippen molar-refractivity contribution in [2.45, 2.75) is 23.6 Å². The zero-order valence-corrected chi connectivity index (χ0v) is 17.7. The first-order chi connectivity index (χ1) is 13.1. The van der Waals surface area contributed by atoms with Gasteiger partial charge in [0.2, 0.25) is 10.0 Å². The monoisotopic (exact) mass is 424 g/mol. The molecule has 2 aromatic rings. The Hall–Kier alpha value is -1.94. The number of piperazine rings is 1. The molecule has 0 aromatic heterocycles. The fourth-order valence-corrected chi connectivity index (χ4v) is 5.45. The predicted octanol–water partition coefficient (Wildman–Crippen LogP) is 2.09. The van der Waals surface area contributed by atoms with Crippen LogP contribution in [0.1, 0.15) is 11.1 Å². The summed E-state index contributed by atoms with van der Waals surface area (Å²) in [6.07, 6.45) is 1.05. The van der Waals surface area contributed by atoms with Crippen LogP contribution >= 0.6 is 0 Å². The summed E-state index contributed by atoms with van der Waals surface area (Å²) in [5.41, 5.74) is 1.96. The molecular weight excluding hydrogens is 400 g/mol. The molecule has 9 heteroatoms. The maximum atomic E-state index is 13.2. The molecule has 0 saturated carbocycles. The summed E-state index contributed by atoms with van der Waals surface area (Å²) in [6.45, 7) is 5.55. The van der Waals surface area contributed by atoms with E-state index in [1.807, 2.05) is 19.9 Å². The zero-order valence-electron chi connectivity index (χ0n) is 16.1. The Kier molecular flexibility index (Phi) is 5.81. The van der Waals surface area contributed by atoms with Gasteiger partial charge in [0.05, 0.1) is 4.90 Å². The average Bonchev–Trinajstić information content (AvgIpc) is 2.61. The summed E-state index contributed by atoms with van der Waals surface area (Å²) in [6, 6.07) is 9.55. The van der Waals surface area contributed by atoms with E-state index in [1.54, 1.807) is 12.1 Å². The highest BCUT2D eigenvalue weighted by Gasteiger charge is 2.30. The lowest BCUT2D eigenvalue weighted by Crippen LogP contribution is -2.46. The van der Waals surface area contributed by atoms with E-state index in [1.165, 1.54) is 22.5 Å². The molecule has 3 rings (SSSR count). The first-order valence-corrected chi connectivity index (χ1v) is 12.2. The summed E-state index contributed by atoms with van der Waals surface area (Å²) >= 11 is 0. The van der Waals surface area contributed by atoms with Gasteiger partial charge in [-0.3, -0.25) is 0 Å². The summed E-state index contributed by atoms with van der Waals surface area (Å²) < 4.78 is 57.7. The van der Waals surface area contributed by atoms with Gasteiger partial charge in [-0.2, -0.15) is 4.31 Å². The summed E-state index contributed by atoms with van der Waals surface area (Å²) in [5, 5.41) is 3.11. The number of rotatable bonds is 5. The fourth-order valence-electron chi connectivity index (χ4n) is 3.15. The van der Waals surface area contributed by atoms with Crippen LogP contribution in [0, 0.1) is 13.8 Å². The second-order valence-electron chi connectivity index (χ2n) is 6.96. The van der Waals surface area contributed by atoms with Crippen molar-refractivity contribution in [2.24, 2.45) is 0 Å². The van der Waals surface area contributed by atoms with Gasteiger partial charge in [-0.1, -0.05) is 6.07 Å². The van der Waals surface area contributed by atoms with Gasteiger partial charge in [0, 0.05) is 32.4 Å². The molecule has 1 aliphatic heterocycles. The summed E-state index contributed by atoms with van der Waals surface area (Å²) in [7, 11) is -7.48. The first-order valence-electron chi connectivity index (χ1n) is 8.88. The van der Waals surface area contributed by atoms with Gasteiger partial charge in [0.15, 0.2) is 9.84 Å². The van der Waals surface area contributed by atoms with E-state index >= 15 is 0 Å². The third-order valence-electron chi connectivity index (χ3n) is 4.46. The Labute approximate surface area is 166 Å². The van der Waals surface area contributed by atoms with Crippen molar-refractivity contribution in [3.05, 3.63) is 47.5 Å². The van der Waals surface area contributed by atoms with Crippen LogP contribution in [0.25, 0.3) is 0 Å². The molecule has 0 atom stereocenters. The van der Waals surface area contributed by atoms with Crippen molar-refractivity contribution < 1.29 is 21.6 Å². The quantitative estimate of drug-likeness (QED) is 0.790. The number of ether oxygens (including phenoxy) is 1. The molecule has 2 aromatic carbocycles. The first kappa shape index (κ1) is 20.8. The lowest BCUT2D eigenvalue weighted by atomic mass is 10.1. The topological polar surface area (TPSA) is 92.8 Å². The lowest BCUT2D eigenvalue weighted by molar-refractivity contribution is 0.358. The number of sulfonamides is 1. The molecule has 152 valence electrons. The molecule has 7 nitrogen and oxygen atoms in total. The van der Waals surface area contributed by atoms with Crippen LogP contribution in [0.4, 0.5) is 0 Å². The van der Waals surface area contributed by atoms with E-state index in [0.29, 0.717) is 31.9 Å². The molecule has 1 aliphatic rings. The number of benzene rings is 2. The molecule has 28 heavy (non-hydrogen) atoms. The summed E-state index contributed by atoms with van der Waals surface area (Å²) in [5.74, 6) is 0.609. The van der Waals surface area contributed by atoms with E-state index in [-0.39, 0.29) is 15.5 Å². The van der Waals surface area contributed by atoms with E-state index in [2.05, 4.69) is 5.32 Å². The Morgan fingerprint density at radius 3 is 2.11 bits per heavy atom. The number of hydrogen-bond acceptors (Lipinski definition) is 6. The Balaban J connectivity index is 2.11. The summed E-state index contributed by atoms with van der Waals surface area (Å²) in [4.78, 5) is -0.203. The molecule has 0 amide bonds. The fraction of sp³-hybridized carbons (Fsp3) is 0.368. The predicted molar refractivity (Wildman–Crippen MR) is 107 cm³/mol. The molecular formula is C19H24N2O5S2. The lowest BCUT2D eigenvalue weighted by Gasteiger charge is -2.27. The van der Waals surface area contributed by atoms with Crippen molar-refractivity contribution in [3.63, 3.8) is 0 Å². The number of sulfone groups is 1. The molecule has 0 radical (unpaired) electrons. The number of nitrogens with zero attached hydrogens (tertiary/aromatic N) is 1. The van der Waals surface area contributed by atoms with E-state index in [9.17, 15) is 16.8 Å². The Bertz CT molecular complexity index is 1070. The van der Waals surface area contributed by atoms with E-state index in [0.717, 1.165) is 17.4 Å². The molecule has 1 N–H and O–H groups in total. The second kappa shape index (κ2) is 7.82. The number of nitrogens with one attached hydrogen (secondary N) is 1.